The lowest BCUT2D eigenvalue weighted by Gasteiger charge is -2.26. The number of carbonyl (C=O) groups excluding carboxylic acids is 2. The molecule has 0 aromatic heterocycles. The van der Waals surface area contributed by atoms with Gasteiger partial charge < -0.3 is 10.1 Å². The van der Waals surface area contributed by atoms with Gasteiger partial charge in [0.25, 0.3) is 5.91 Å². The summed E-state index contributed by atoms with van der Waals surface area (Å²) in [6.07, 6.45) is 4.60. The second kappa shape index (κ2) is 6.94. The Morgan fingerprint density at radius 1 is 1.04 bits per heavy atom. The molecule has 0 saturated heterocycles. The highest BCUT2D eigenvalue weighted by atomic mass is 16.5. The molecule has 26 heavy (non-hydrogen) atoms. The molecule has 0 radical (unpaired) electrons. The van der Waals surface area contributed by atoms with Crippen molar-refractivity contribution in [1.82, 2.24) is 5.32 Å². The van der Waals surface area contributed by atoms with Gasteiger partial charge in [0.15, 0.2) is 6.61 Å². The largest absolute Gasteiger partial charge is 0.455 e. The molecular formula is C22H23NO3. The third-order valence-electron chi connectivity index (χ3n) is 5.51. The van der Waals surface area contributed by atoms with Crippen LogP contribution in [-0.4, -0.2) is 18.5 Å². The monoisotopic (exact) mass is 349 g/mol. The summed E-state index contributed by atoms with van der Waals surface area (Å²) in [5.41, 5.74) is 2.91. The molecule has 1 fully saturated rings. The van der Waals surface area contributed by atoms with E-state index in [0.29, 0.717) is 0 Å². The van der Waals surface area contributed by atoms with Gasteiger partial charge in [-0.15, -0.1) is 0 Å². The van der Waals surface area contributed by atoms with Crippen molar-refractivity contribution >= 4 is 11.9 Å². The van der Waals surface area contributed by atoms with E-state index in [9.17, 15) is 9.59 Å². The molecule has 2 aromatic carbocycles. The van der Waals surface area contributed by atoms with Crippen LogP contribution >= 0.6 is 0 Å². The topological polar surface area (TPSA) is 55.4 Å². The third-order valence-corrected chi connectivity index (χ3v) is 5.51. The van der Waals surface area contributed by atoms with E-state index in [1.54, 1.807) is 0 Å². The van der Waals surface area contributed by atoms with Gasteiger partial charge in [-0.25, -0.2) is 0 Å². The molecule has 1 saturated carbocycles. The maximum Gasteiger partial charge on any atom is 0.317 e. The first-order valence-corrected chi connectivity index (χ1v) is 9.29. The first-order chi connectivity index (χ1) is 12.7. The summed E-state index contributed by atoms with van der Waals surface area (Å²) in [6, 6.07) is 17.9. The molecule has 0 aliphatic heterocycles. The molecule has 0 bridgehead atoms. The van der Waals surface area contributed by atoms with Crippen LogP contribution in [0.1, 0.15) is 48.4 Å². The highest BCUT2D eigenvalue weighted by molar-refractivity contribution is 5.89. The van der Waals surface area contributed by atoms with E-state index in [0.717, 1.165) is 37.7 Å². The van der Waals surface area contributed by atoms with E-state index in [4.69, 9.17) is 4.74 Å². The minimum absolute atomic E-state index is 0.00941. The first-order valence-electron chi connectivity index (χ1n) is 9.29. The summed E-state index contributed by atoms with van der Waals surface area (Å²) in [6.45, 7) is -0.216. The van der Waals surface area contributed by atoms with Crippen LogP contribution in [0.2, 0.25) is 0 Å². The Bertz CT molecular complexity index is 811. The molecule has 1 amide bonds. The molecule has 134 valence electrons. The van der Waals surface area contributed by atoms with E-state index < -0.39 is 5.41 Å². The second-order valence-electron chi connectivity index (χ2n) is 7.24. The summed E-state index contributed by atoms with van der Waals surface area (Å²) >= 11 is 0. The van der Waals surface area contributed by atoms with Crippen molar-refractivity contribution < 1.29 is 14.3 Å². The standard InChI is InChI=1S/C22H23NO3/c24-20(23-19-12-6-8-16-7-4-5-11-18(16)19)15-26-21(25)22(13-14-22)17-9-2-1-3-10-17/h1-5,7,9-11,19H,6,8,12-15H2,(H,23,24). The lowest BCUT2D eigenvalue weighted by atomic mass is 9.88. The number of amides is 1. The van der Waals surface area contributed by atoms with E-state index in [2.05, 4.69) is 17.4 Å². The number of ether oxygens (including phenoxy) is 1. The second-order valence-corrected chi connectivity index (χ2v) is 7.24. The Kier molecular flexibility index (Phi) is 4.49. The Labute approximate surface area is 153 Å². The van der Waals surface area contributed by atoms with Crippen molar-refractivity contribution in [3.05, 3.63) is 71.3 Å². The fraction of sp³-hybridized carbons (Fsp3) is 0.364. The number of hydrogen-bond donors (Lipinski definition) is 1. The summed E-state index contributed by atoms with van der Waals surface area (Å²) < 4.78 is 5.36. The third kappa shape index (κ3) is 3.24. The number of hydrogen-bond acceptors (Lipinski definition) is 3. The van der Waals surface area contributed by atoms with E-state index in [-0.39, 0.29) is 24.5 Å². The molecule has 2 aliphatic rings. The predicted molar refractivity (Wildman–Crippen MR) is 98.6 cm³/mol. The fourth-order valence-electron chi connectivity index (χ4n) is 3.90. The Balaban J connectivity index is 1.35. The summed E-state index contributed by atoms with van der Waals surface area (Å²) in [5.74, 6) is -0.521. The summed E-state index contributed by atoms with van der Waals surface area (Å²) in [4.78, 5) is 24.8. The molecule has 4 nitrogen and oxygen atoms in total. The average Bonchev–Trinajstić information content (AvgIpc) is 3.49. The summed E-state index contributed by atoms with van der Waals surface area (Å²) in [5, 5.41) is 3.03. The molecule has 1 atom stereocenters. The van der Waals surface area contributed by atoms with Crippen LogP contribution in [0.15, 0.2) is 54.6 Å². The minimum atomic E-state index is -0.543. The van der Waals surface area contributed by atoms with Crippen LogP contribution in [0, 0.1) is 0 Å². The van der Waals surface area contributed by atoms with Crippen LogP contribution in [0.5, 0.6) is 0 Å². The first kappa shape index (κ1) is 16.8. The molecule has 2 aliphatic carbocycles. The zero-order valence-electron chi connectivity index (χ0n) is 14.7. The maximum atomic E-state index is 12.5. The zero-order chi connectivity index (χ0) is 18.0. The highest BCUT2D eigenvalue weighted by Crippen LogP contribution is 2.49. The Morgan fingerprint density at radius 2 is 1.77 bits per heavy atom. The van der Waals surface area contributed by atoms with Gasteiger partial charge >= 0.3 is 5.97 Å². The van der Waals surface area contributed by atoms with E-state index in [1.807, 2.05) is 42.5 Å². The van der Waals surface area contributed by atoms with Crippen molar-refractivity contribution in [2.24, 2.45) is 0 Å². The van der Waals surface area contributed by atoms with Gasteiger partial charge in [0, 0.05) is 0 Å². The molecule has 1 N–H and O–H groups in total. The molecule has 0 heterocycles. The van der Waals surface area contributed by atoms with Crippen molar-refractivity contribution in [3.8, 4) is 0 Å². The minimum Gasteiger partial charge on any atom is -0.455 e. The van der Waals surface area contributed by atoms with Gasteiger partial charge in [-0.3, -0.25) is 9.59 Å². The van der Waals surface area contributed by atoms with Crippen molar-refractivity contribution in [2.45, 2.75) is 43.6 Å². The molecule has 1 unspecified atom stereocenters. The predicted octanol–water partition coefficient (Wildman–Crippen LogP) is 3.46. The van der Waals surface area contributed by atoms with E-state index >= 15 is 0 Å². The lowest BCUT2D eigenvalue weighted by Crippen LogP contribution is -2.35. The lowest BCUT2D eigenvalue weighted by molar-refractivity contribution is -0.151. The quantitative estimate of drug-likeness (QED) is 0.841. The maximum absolute atomic E-state index is 12.5. The SMILES string of the molecule is O=C(COC(=O)C1(c2ccccc2)CC1)NC1CCCc2ccccc21. The molecule has 2 aromatic rings. The van der Waals surface area contributed by atoms with Crippen molar-refractivity contribution in [1.29, 1.82) is 0 Å². The van der Waals surface area contributed by atoms with Gasteiger partial charge in [0.05, 0.1) is 11.5 Å². The smallest absolute Gasteiger partial charge is 0.317 e. The average molecular weight is 349 g/mol. The van der Waals surface area contributed by atoms with Crippen LogP contribution in [0.4, 0.5) is 0 Å². The zero-order valence-corrected chi connectivity index (χ0v) is 14.7. The van der Waals surface area contributed by atoms with E-state index in [1.165, 1.54) is 11.1 Å². The molecular weight excluding hydrogens is 326 g/mol. The van der Waals surface area contributed by atoms with Crippen LogP contribution in [-0.2, 0) is 26.2 Å². The van der Waals surface area contributed by atoms with Gasteiger partial charge in [0.1, 0.15) is 0 Å². The number of esters is 1. The number of carbonyl (C=O) groups is 2. The van der Waals surface area contributed by atoms with Gasteiger partial charge in [0.2, 0.25) is 0 Å². The van der Waals surface area contributed by atoms with Crippen molar-refractivity contribution in [3.63, 3.8) is 0 Å². The molecule has 4 rings (SSSR count). The fourth-order valence-corrected chi connectivity index (χ4v) is 3.90. The number of nitrogens with one attached hydrogen (secondary N) is 1. The number of benzene rings is 2. The molecule has 4 heteroatoms. The Hall–Kier alpha value is -2.62. The van der Waals surface area contributed by atoms with Crippen LogP contribution in [0.25, 0.3) is 0 Å². The van der Waals surface area contributed by atoms with Crippen LogP contribution in [0.3, 0.4) is 0 Å². The highest BCUT2D eigenvalue weighted by Gasteiger charge is 2.52. The van der Waals surface area contributed by atoms with Gasteiger partial charge in [-0.2, -0.15) is 0 Å². The van der Waals surface area contributed by atoms with Crippen LogP contribution < -0.4 is 5.32 Å². The number of fused-ring (bicyclic) bond motifs is 1. The van der Waals surface area contributed by atoms with Gasteiger partial charge in [-0.05, 0) is 48.8 Å². The normalized spacial score (nSPS) is 19.9. The number of aryl methyl sites for hydroxylation is 1. The summed E-state index contributed by atoms with van der Waals surface area (Å²) in [7, 11) is 0. The molecule has 0 spiro atoms. The number of rotatable bonds is 5. The van der Waals surface area contributed by atoms with Gasteiger partial charge in [-0.1, -0.05) is 54.6 Å². The van der Waals surface area contributed by atoms with Crippen molar-refractivity contribution in [2.75, 3.05) is 6.61 Å². The Morgan fingerprint density at radius 3 is 2.54 bits per heavy atom.